The van der Waals surface area contributed by atoms with Crippen molar-refractivity contribution in [3.8, 4) is 0 Å². The zero-order valence-electron chi connectivity index (χ0n) is 7.60. The Labute approximate surface area is 76.4 Å². The summed E-state index contributed by atoms with van der Waals surface area (Å²) in [6, 6.07) is 1.40. The Balaban J connectivity index is 3.00. The van der Waals surface area contributed by atoms with E-state index in [1.807, 2.05) is 0 Å². The van der Waals surface area contributed by atoms with Crippen LogP contribution in [-0.2, 0) is 0 Å². The Morgan fingerprint density at radius 1 is 1.42 bits per heavy atom. The van der Waals surface area contributed by atoms with Crippen LogP contribution in [0.3, 0.4) is 0 Å². The second kappa shape index (κ2) is 3.54. The van der Waals surface area contributed by atoms with Crippen molar-refractivity contribution in [2.75, 3.05) is 0 Å². The summed E-state index contributed by atoms with van der Waals surface area (Å²) in [5, 5.41) is 0. The minimum Gasteiger partial charge on any atom is -0.323 e. The van der Waals surface area contributed by atoms with Crippen molar-refractivity contribution in [3.63, 3.8) is 0 Å². The number of nitrogens with two attached hydrogens (primary N) is 1. The summed E-state index contributed by atoms with van der Waals surface area (Å²) in [5.74, 6) is 0.232. The highest BCUT2D eigenvalue weighted by Gasteiger charge is 2.13. The van der Waals surface area contributed by atoms with Crippen LogP contribution in [0, 0.1) is 5.82 Å². The SMILES string of the molecule is CC(C)c1cc(F)c(C(C)N)s1. The first kappa shape index (κ1) is 9.68. The fraction of sp³-hybridized carbons (Fsp3) is 0.556. The Kier molecular flexibility index (Phi) is 2.85. The van der Waals surface area contributed by atoms with Gasteiger partial charge in [0.1, 0.15) is 5.82 Å². The van der Waals surface area contributed by atoms with E-state index in [-0.39, 0.29) is 11.9 Å². The summed E-state index contributed by atoms with van der Waals surface area (Å²) in [7, 11) is 0. The van der Waals surface area contributed by atoms with Gasteiger partial charge < -0.3 is 5.73 Å². The highest BCUT2D eigenvalue weighted by atomic mass is 32.1. The van der Waals surface area contributed by atoms with Crippen molar-refractivity contribution in [3.05, 3.63) is 21.6 Å². The summed E-state index contributed by atoms with van der Waals surface area (Å²) >= 11 is 1.48. The van der Waals surface area contributed by atoms with Crippen molar-refractivity contribution in [2.24, 2.45) is 5.73 Å². The van der Waals surface area contributed by atoms with Gasteiger partial charge >= 0.3 is 0 Å². The minimum absolute atomic E-state index is 0.154. The molecule has 0 saturated carbocycles. The van der Waals surface area contributed by atoms with E-state index in [0.717, 1.165) is 4.88 Å². The van der Waals surface area contributed by atoms with Gasteiger partial charge in [-0.05, 0) is 18.9 Å². The van der Waals surface area contributed by atoms with E-state index in [1.165, 1.54) is 11.3 Å². The van der Waals surface area contributed by atoms with Crippen LogP contribution >= 0.6 is 11.3 Å². The molecule has 1 atom stereocenters. The van der Waals surface area contributed by atoms with Crippen LogP contribution in [0.1, 0.15) is 42.5 Å². The summed E-state index contributed by atoms with van der Waals surface area (Å²) in [6.45, 7) is 5.91. The first-order chi connectivity index (χ1) is 5.52. The molecule has 0 amide bonds. The van der Waals surface area contributed by atoms with Gasteiger partial charge in [-0.15, -0.1) is 11.3 Å². The molecule has 12 heavy (non-hydrogen) atoms. The quantitative estimate of drug-likeness (QED) is 0.756. The molecule has 1 aromatic rings. The monoisotopic (exact) mass is 187 g/mol. The first-order valence-corrected chi connectivity index (χ1v) is 4.88. The third-order valence-electron chi connectivity index (χ3n) is 1.71. The van der Waals surface area contributed by atoms with Gasteiger partial charge in [0, 0.05) is 10.9 Å². The number of thiophene rings is 1. The molecule has 3 heteroatoms. The van der Waals surface area contributed by atoms with E-state index in [2.05, 4.69) is 13.8 Å². The van der Waals surface area contributed by atoms with Crippen LogP contribution in [0.4, 0.5) is 4.39 Å². The van der Waals surface area contributed by atoms with Crippen molar-refractivity contribution in [1.82, 2.24) is 0 Å². The van der Waals surface area contributed by atoms with Gasteiger partial charge in [-0.2, -0.15) is 0 Å². The lowest BCUT2D eigenvalue weighted by Gasteiger charge is -2.00. The molecule has 1 aromatic heterocycles. The van der Waals surface area contributed by atoms with Crippen LogP contribution in [0.25, 0.3) is 0 Å². The Morgan fingerprint density at radius 2 is 2.00 bits per heavy atom. The molecule has 0 bridgehead atoms. The maximum atomic E-state index is 13.2. The molecule has 0 spiro atoms. The fourth-order valence-electron chi connectivity index (χ4n) is 0.996. The Morgan fingerprint density at radius 3 is 2.25 bits per heavy atom. The van der Waals surface area contributed by atoms with Gasteiger partial charge in [-0.3, -0.25) is 0 Å². The van der Waals surface area contributed by atoms with Gasteiger partial charge in [0.2, 0.25) is 0 Å². The van der Waals surface area contributed by atoms with Crippen LogP contribution in [0.2, 0.25) is 0 Å². The maximum absolute atomic E-state index is 13.2. The second-order valence-electron chi connectivity index (χ2n) is 3.30. The molecular formula is C9H14FNS. The molecule has 0 aliphatic heterocycles. The summed E-state index contributed by atoms with van der Waals surface area (Å²) in [4.78, 5) is 1.73. The molecule has 0 saturated heterocycles. The highest BCUT2D eigenvalue weighted by molar-refractivity contribution is 7.12. The molecule has 68 valence electrons. The summed E-state index contributed by atoms with van der Waals surface area (Å²) in [6.07, 6.45) is 0. The summed E-state index contributed by atoms with van der Waals surface area (Å²) < 4.78 is 13.2. The molecule has 1 unspecified atom stereocenters. The van der Waals surface area contributed by atoms with Gasteiger partial charge in [-0.25, -0.2) is 4.39 Å². The summed E-state index contributed by atoms with van der Waals surface area (Å²) in [5.41, 5.74) is 5.60. The van der Waals surface area contributed by atoms with E-state index in [1.54, 1.807) is 13.0 Å². The molecular weight excluding hydrogens is 173 g/mol. The van der Waals surface area contributed by atoms with Gasteiger partial charge in [-0.1, -0.05) is 13.8 Å². The van der Waals surface area contributed by atoms with Crippen molar-refractivity contribution < 1.29 is 4.39 Å². The third-order valence-corrected chi connectivity index (χ3v) is 3.33. The fourth-order valence-corrected chi connectivity index (χ4v) is 1.99. The van der Waals surface area contributed by atoms with Crippen molar-refractivity contribution in [2.45, 2.75) is 32.7 Å². The average Bonchev–Trinajstić information content (AvgIpc) is 2.30. The van der Waals surface area contributed by atoms with E-state index >= 15 is 0 Å². The maximum Gasteiger partial charge on any atom is 0.138 e. The molecule has 1 rings (SSSR count). The molecule has 0 fully saturated rings. The molecule has 2 N–H and O–H groups in total. The van der Waals surface area contributed by atoms with E-state index < -0.39 is 0 Å². The van der Waals surface area contributed by atoms with Crippen LogP contribution < -0.4 is 5.73 Å². The molecule has 0 aromatic carbocycles. The lowest BCUT2D eigenvalue weighted by atomic mass is 10.2. The minimum atomic E-state index is -0.192. The molecule has 0 radical (unpaired) electrons. The molecule has 0 aliphatic rings. The van der Waals surface area contributed by atoms with Gasteiger partial charge in [0.15, 0.2) is 0 Å². The average molecular weight is 187 g/mol. The smallest absolute Gasteiger partial charge is 0.138 e. The van der Waals surface area contributed by atoms with Crippen LogP contribution in [-0.4, -0.2) is 0 Å². The van der Waals surface area contributed by atoms with Gasteiger partial charge in [0.05, 0.1) is 4.88 Å². The third kappa shape index (κ3) is 1.84. The normalized spacial score (nSPS) is 13.8. The lowest BCUT2D eigenvalue weighted by molar-refractivity contribution is 0.603. The molecule has 1 heterocycles. The number of hydrogen-bond donors (Lipinski definition) is 1. The topological polar surface area (TPSA) is 26.0 Å². The van der Waals surface area contributed by atoms with E-state index in [4.69, 9.17) is 5.73 Å². The lowest BCUT2D eigenvalue weighted by Crippen LogP contribution is -2.03. The zero-order chi connectivity index (χ0) is 9.30. The van der Waals surface area contributed by atoms with Gasteiger partial charge in [0.25, 0.3) is 0 Å². The zero-order valence-corrected chi connectivity index (χ0v) is 8.41. The Bertz CT molecular complexity index is 265. The van der Waals surface area contributed by atoms with Crippen LogP contribution in [0.15, 0.2) is 6.07 Å². The number of rotatable bonds is 2. The Hall–Kier alpha value is -0.410. The number of hydrogen-bond acceptors (Lipinski definition) is 2. The van der Waals surface area contributed by atoms with E-state index in [0.29, 0.717) is 10.8 Å². The largest absolute Gasteiger partial charge is 0.323 e. The standard InChI is InChI=1S/C9H14FNS/c1-5(2)8-4-7(10)9(12-8)6(3)11/h4-6H,11H2,1-3H3. The van der Waals surface area contributed by atoms with Crippen LogP contribution in [0.5, 0.6) is 0 Å². The predicted octanol–water partition coefficient (Wildman–Crippen LogP) is 3.03. The van der Waals surface area contributed by atoms with Crippen molar-refractivity contribution in [1.29, 1.82) is 0 Å². The molecule has 0 aliphatic carbocycles. The van der Waals surface area contributed by atoms with E-state index in [9.17, 15) is 4.39 Å². The second-order valence-corrected chi connectivity index (χ2v) is 4.42. The molecule has 1 nitrogen and oxygen atoms in total. The first-order valence-electron chi connectivity index (χ1n) is 4.07. The van der Waals surface area contributed by atoms with Crippen molar-refractivity contribution >= 4 is 11.3 Å². The highest BCUT2D eigenvalue weighted by Crippen LogP contribution is 2.30. The number of halogens is 1. The predicted molar refractivity (Wildman–Crippen MR) is 51.0 cm³/mol.